The van der Waals surface area contributed by atoms with Crippen molar-refractivity contribution in [3.05, 3.63) is 11.8 Å². The van der Waals surface area contributed by atoms with Crippen LogP contribution in [0.2, 0.25) is 19.6 Å². The predicted molar refractivity (Wildman–Crippen MR) is 64.1 cm³/mol. The summed E-state index contributed by atoms with van der Waals surface area (Å²) in [6, 6.07) is 0. The molecule has 0 unspecified atom stereocenters. The molecule has 1 atom stereocenters. The standard InChI is InChI=1S/C12H22OSi/c1-12(8-9-14(2,3)4)7-5-6-11(13)10-12/h8-9H,5-7,10H2,1-4H3/b9-8+/t12-/m0/s1. The van der Waals surface area contributed by atoms with E-state index in [9.17, 15) is 4.79 Å². The molecule has 14 heavy (non-hydrogen) atoms. The van der Waals surface area contributed by atoms with Crippen molar-refractivity contribution in [2.24, 2.45) is 5.41 Å². The molecular weight excluding hydrogens is 188 g/mol. The van der Waals surface area contributed by atoms with Gasteiger partial charge in [-0.1, -0.05) is 38.3 Å². The van der Waals surface area contributed by atoms with Gasteiger partial charge in [0.25, 0.3) is 0 Å². The number of Topliss-reactive ketones (excluding diaryl/α,β-unsaturated/α-hetero) is 1. The molecule has 1 aliphatic rings. The van der Waals surface area contributed by atoms with E-state index in [0.29, 0.717) is 5.78 Å². The molecule has 1 nitrogen and oxygen atoms in total. The first-order valence-electron chi connectivity index (χ1n) is 5.53. The van der Waals surface area contributed by atoms with Crippen molar-refractivity contribution in [2.75, 3.05) is 0 Å². The van der Waals surface area contributed by atoms with Crippen LogP contribution in [0.25, 0.3) is 0 Å². The second-order valence-electron chi connectivity index (χ2n) is 5.92. The van der Waals surface area contributed by atoms with E-state index in [0.717, 1.165) is 19.3 Å². The maximum Gasteiger partial charge on any atom is 0.133 e. The lowest BCUT2D eigenvalue weighted by molar-refractivity contribution is -0.122. The fraction of sp³-hybridized carbons (Fsp3) is 0.750. The van der Waals surface area contributed by atoms with Crippen molar-refractivity contribution in [3.8, 4) is 0 Å². The van der Waals surface area contributed by atoms with Crippen molar-refractivity contribution in [3.63, 3.8) is 0 Å². The smallest absolute Gasteiger partial charge is 0.133 e. The number of allylic oxidation sites excluding steroid dienone is 1. The van der Waals surface area contributed by atoms with Crippen LogP contribution in [0.1, 0.15) is 32.6 Å². The third-order valence-corrected chi connectivity index (χ3v) is 3.96. The van der Waals surface area contributed by atoms with Crippen LogP contribution in [-0.2, 0) is 4.79 Å². The van der Waals surface area contributed by atoms with E-state index in [1.54, 1.807) is 0 Å². The van der Waals surface area contributed by atoms with Crippen LogP contribution in [0.15, 0.2) is 11.8 Å². The van der Waals surface area contributed by atoms with Gasteiger partial charge < -0.3 is 0 Å². The molecule has 0 radical (unpaired) electrons. The zero-order chi connectivity index (χ0) is 10.8. The molecule has 0 aromatic rings. The van der Waals surface area contributed by atoms with Gasteiger partial charge in [0.1, 0.15) is 5.78 Å². The fourth-order valence-corrected chi connectivity index (χ4v) is 2.81. The zero-order valence-corrected chi connectivity index (χ0v) is 10.9. The number of hydrogen-bond acceptors (Lipinski definition) is 1. The van der Waals surface area contributed by atoms with Crippen LogP contribution in [0.3, 0.4) is 0 Å². The number of hydrogen-bond donors (Lipinski definition) is 0. The molecule has 0 spiro atoms. The first-order chi connectivity index (χ1) is 6.31. The second kappa shape index (κ2) is 4.01. The van der Waals surface area contributed by atoms with Crippen molar-refractivity contribution in [1.29, 1.82) is 0 Å². The lowest BCUT2D eigenvalue weighted by atomic mass is 9.75. The third-order valence-electron chi connectivity index (χ3n) is 2.79. The molecule has 0 aromatic heterocycles. The Labute approximate surface area is 88.6 Å². The Morgan fingerprint density at radius 2 is 2.00 bits per heavy atom. The SMILES string of the molecule is C[C@@]1(/C=C/[Si](C)(C)C)CCCC(=O)C1. The van der Waals surface area contributed by atoms with E-state index < -0.39 is 8.07 Å². The average molecular weight is 210 g/mol. The monoisotopic (exact) mass is 210 g/mol. The van der Waals surface area contributed by atoms with E-state index in [1.165, 1.54) is 6.42 Å². The molecule has 0 bridgehead atoms. The van der Waals surface area contributed by atoms with Gasteiger partial charge in [-0.25, -0.2) is 0 Å². The molecule has 0 N–H and O–H groups in total. The number of rotatable bonds is 2. The van der Waals surface area contributed by atoms with Crippen molar-refractivity contribution >= 4 is 13.9 Å². The maximum atomic E-state index is 11.4. The predicted octanol–water partition coefficient (Wildman–Crippen LogP) is 3.57. The highest BCUT2D eigenvalue weighted by Crippen LogP contribution is 2.35. The maximum absolute atomic E-state index is 11.4. The zero-order valence-electron chi connectivity index (χ0n) is 9.89. The molecule has 1 saturated carbocycles. The van der Waals surface area contributed by atoms with E-state index in [-0.39, 0.29) is 5.41 Å². The van der Waals surface area contributed by atoms with Crippen LogP contribution >= 0.6 is 0 Å². The number of carbonyl (C=O) groups is 1. The van der Waals surface area contributed by atoms with Crippen LogP contribution < -0.4 is 0 Å². The first-order valence-corrected chi connectivity index (χ1v) is 9.11. The summed E-state index contributed by atoms with van der Waals surface area (Å²) in [4.78, 5) is 11.4. The molecule has 0 saturated heterocycles. The Bertz CT molecular complexity index is 250. The minimum absolute atomic E-state index is 0.162. The molecule has 2 heteroatoms. The van der Waals surface area contributed by atoms with Gasteiger partial charge in [0.2, 0.25) is 0 Å². The first kappa shape index (κ1) is 11.7. The van der Waals surface area contributed by atoms with Gasteiger partial charge >= 0.3 is 0 Å². The average Bonchev–Trinajstić information content (AvgIpc) is 1.99. The Hall–Kier alpha value is -0.373. The summed E-state index contributed by atoms with van der Waals surface area (Å²) >= 11 is 0. The minimum atomic E-state index is -1.10. The molecule has 0 aromatic carbocycles. The summed E-state index contributed by atoms with van der Waals surface area (Å²) in [5.41, 5.74) is 2.54. The molecule has 0 amide bonds. The number of ketones is 1. The fourth-order valence-electron chi connectivity index (χ4n) is 1.91. The van der Waals surface area contributed by atoms with Crippen molar-refractivity contribution < 1.29 is 4.79 Å². The van der Waals surface area contributed by atoms with Crippen LogP contribution in [-0.4, -0.2) is 13.9 Å². The Morgan fingerprint density at radius 3 is 2.50 bits per heavy atom. The molecule has 1 aliphatic carbocycles. The van der Waals surface area contributed by atoms with Gasteiger partial charge in [0.15, 0.2) is 0 Å². The van der Waals surface area contributed by atoms with Crippen LogP contribution in [0, 0.1) is 5.41 Å². The molecule has 1 fully saturated rings. The third kappa shape index (κ3) is 3.78. The van der Waals surface area contributed by atoms with Gasteiger partial charge in [-0.15, -0.1) is 0 Å². The normalized spacial score (nSPS) is 29.9. The lowest BCUT2D eigenvalue weighted by Gasteiger charge is -2.30. The highest BCUT2D eigenvalue weighted by Gasteiger charge is 2.28. The van der Waals surface area contributed by atoms with Crippen LogP contribution in [0.5, 0.6) is 0 Å². The lowest BCUT2D eigenvalue weighted by Crippen LogP contribution is -2.25. The van der Waals surface area contributed by atoms with E-state index in [2.05, 4.69) is 38.3 Å². The second-order valence-corrected chi connectivity index (χ2v) is 11.0. The molecule has 80 valence electrons. The number of carbonyl (C=O) groups excluding carboxylic acids is 1. The quantitative estimate of drug-likeness (QED) is 0.637. The molecule has 0 heterocycles. The van der Waals surface area contributed by atoms with Gasteiger partial charge in [0, 0.05) is 12.8 Å². The Balaban J connectivity index is 2.66. The van der Waals surface area contributed by atoms with Crippen molar-refractivity contribution in [1.82, 2.24) is 0 Å². The van der Waals surface area contributed by atoms with E-state index >= 15 is 0 Å². The minimum Gasteiger partial charge on any atom is -0.300 e. The molecule has 0 aliphatic heterocycles. The highest BCUT2D eigenvalue weighted by atomic mass is 28.3. The van der Waals surface area contributed by atoms with Gasteiger partial charge in [0.05, 0.1) is 8.07 Å². The van der Waals surface area contributed by atoms with Crippen molar-refractivity contribution in [2.45, 2.75) is 52.2 Å². The summed E-state index contributed by atoms with van der Waals surface area (Å²) in [7, 11) is -1.10. The van der Waals surface area contributed by atoms with Crippen LogP contribution in [0.4, 0.5) is 0 Å². The largest absolute Gasteiger partial charge is 0.300 e. The van der Waals surface area contributed by atoms with Gasteiger partial charge in [-0.05, 0) is 18.3 Å². The van der Waals surface area contributed by atoms with E-state index in [4.69, 9.17) is 0 Å². The summed E-state index contributed by atoms with van der Waals surface area (Å²) in [5.74, 6) is 0.443. The Kier molecular flexibility index (Phi) is 3.35. The summed E-state index contributed by atoms with van der Waals surface area (Å²) < 4.78 is 0. The van der Waals surface area contributed by atoms with Gasteiger partial charge in [-0.3, -0.25) is 4.79 Å². The topological polar surface area (TPSA) is 17.1 Å². The summed E-state index contributed by atoms with van der Waals surface area (Å²) in [5, 5.41) is 0. The van der Waals surface area contributed by atoms with Gasteiger partial charge in [-0.2, -0.15) is 0 Å². The Morgan fingerprint density at radius 1 is 1.36 bits per heavy atom. The molecule has 1 rings (SSSR count). The molecular formula is C12H22OSi. The summed E-state index contributed by atoms with van der Waals surface area (Å²) in [6.45, 7) is 9.22. The van der Waals surface area contributed by atoms with E-state index in [1.807, 2.05) is 0 Å². The summed E-state index contributed by atoms with van der Waals surface area (Å²) in [6.07, 6.45) is 6.13. The highest BCUT2D eigenvalue weighted by molar-refractivity contribution is 6.80.